The maximum atomic E-state index is 5.77. The Hall–Kier alpha value is 0.210. The monoisotopic (exact) mass is 204 g/mol. The van der Waals surface area contributed by atoms with Crippen LogP contribution >= 0.6 is 11.6 Å². The molecular weight excluding hydrogens is 184 g/mol. The maximum Gasteiger partial charge on any atom is 0.0238 e. The number of halogens is 1. The molecule has 0 bridgehead atoms. The highest BCUT2D eigenvalue weighted by Gasteiger charge is 2.23. The molecule has 0 aromatic heterocycles. The van der Waals surface area contributed by atoms with Crippen molar-refractivity contribution in [2.75, 3.05) is 33.1 Å². The molecule has 1 aliphatic rings. The molecule has 1 heterocycles. The van der Waals surface area contributed by atoms with Crippen LogP contribution in [0.4, 0.5) is 0 Å². The molecule has 1 unspecified atom stereocenters. The molecule has 1 aliphatic heterocycles. The van der Waals surface area contributed by atoms with Crippen LogP contribution < -0.4 is 5.32 Å². The Labute approximate surface area is 86.6 Å². The zero-order valence-corrected chi connectivity index (χ0v) is 9.48. The lowest BCUT2D eigenvalue weighted by Gasteiger charge is -2.34. The number of nitrogens with one attached hydrogen (secondary N) is 1. The molecular formula is C10H21ClN2. The van der Waals surface area contributed by atoms with Crippen LogP contribution in [0.3, 0.4) is 0 Å². The summed E-state index contributed by atoms with van der Waals surface area (Å²) in [6, 6.07) is 0.631. The molecule has 0 aromatic rings. The summed E-state index contributed by atoms with van der Waals surface area (Å²) in [5, 5.41) is 3.38. The molecule has 2 nitrogen and oxygen atoms in total. The van der Waals surface area contributed by atoms with Gasteiger partial charge in [-0.3, -0.25) is 0 Å². The highest BCUT2D eigenvalue weighted by molar-refractivity contribution is 6.17. The fourth-order valence-electron chi connectivity index (χ4n) is 2.16. The maximum absolute atomic E-state index is 5.77. The number of alkyl halides is 1. The number of hydrogen-bond donors (Lipinski definition) is 1. The van der Waals surface area contributed by atoms with Gasteiger partial charge in [-0.1, -0.05) is 0 Å². The van der Waals surface area contributed by atoms with E-state index < -0.39 is 0 Å². The van der Waals surface area contributed by atoms with Crippen molar-refractivity contribution in [1.82, 2.24) is 10.2 Å². The van der Waals surface area contributed by atoms with Gasteiger partial charge in [-0.05, 0) is 52.4 Å². The van der Waals surface area contributed by atoms with Gasteiger partial charge in [0.1, 0.15) is 0 Å². The van der Waals surface area contributed by atoms with Gasteiger partial charge >= 0.3 is 0 Å². The Balaban J connectivity index is 2.32. The lowest BCUT2D eigenvalue weighted by Crippen LogP contribution is -2.41. The van der Waals surface area contributed by atoms with E-state index in [1.807, 2.05) is 0 Å². The molecule has 1 N–H and O–H groups in total. The van der Waals surface area contributed by atoms with Gasteiger partial charge in [0.05, 0.1) is 0 Å². The molecule has 0 saturated carbocycles. The normalized spacial score (nSPS) is 23.3. The lowest BCUT2D eigenvalue weighted by molar-refractivity contribution is 0.186. The average Bonchev–Trinajstić information content (AvgIpc) is 2.16. The molecule has 13 heavy (non-hydrogen) atoms. The van der Waals surface area contributed by atoms with Crippen LogP contribution in [0, 0.1) is 5.92 Å². The lowest BCUT2D eigenvalue weighted by atomic mass is 9.88. The van der Waals surface area contributed by atoms with Crippen molar-refractivity contribution in [2.45, 2.75) is 25.3 Å². The van der Waals surface area contributed by atoms with E-state index in [0.29, 0.717) is 6.04 Å². The standard InChI is InChI=1S/C10H21ClN2/c1-12-10(3-6-11)9-4-7-13(2)8-5-9/h9-10,12H,3-8H2,1-2H3. The number of likely N-dealkylation sites (tertiary alicyclic amines) is 1. The van der Waals surface area contributed by atoms with Crippen molar-refractivity contribution >= 4 is 11.6 Å². The van der Waals surface area contributed by atoms with Gasteiger partial charge in [-0.15, -0.1) is 11.6 Å². The largest absolute Gasteiger partial charge is 0.317 e. The van der Waals surface area contributed by atoms with Crippen molar-refractivity contribution in [3.8, 4) is 0 Å². The Morgan fingerprint density at radius 2 is 2.08 bits per heavy atom. The minimum atomic E-state index is 0.631. The fraction of sp³-hybridized carbons (Fsp3) is 1.00. The summed E-state index contributed by atoms with van der Waals surface area (Å²) in [7, 11) is 4.25. The molecule has 0 spiro atoms. The third-order valence-electron chi connectivity index (χ3n) is 3.12. The van der Waals surface area contributed by atoms with Crippen molar-refractivity contribution in [1.29, 1.82) is 0 Å². The quantitative estimate of drug-likeness (QED) is 0.700. The molecule has 0 radical (unpaired) electrons. The minimum Gasteiger partial charge on any atom is -0.317 e. The summed E-state index contributed by atoms with van der Waals surface area (Å²) in [4.78, 5) is 2.41. The van der Waals surface area contributed by atoms with E-state index in [9.17, 15) is 0 Å². The number of piperidine rings is 1. The van der Waals surface area contributed by atoms with Crippen LogP contribution in [0.15, 0.2) is 0 Å². The fourth-order valence-corrected chi connectivity index (χ4v) is 2.40. The van der Waals surface area contributed by atoms with E-state index in [1.165, 1.54) is 25.9 Å². The highest BCUT2D eigenvalue weighted by atomic mass is 35.5. The second-order valence-electron chi connectivity index (χ2n) is 4.01. The van der Waals surface area contributed by atoms with Gasteiger partial charge in [0.25, 0.3) is 0 Å². The van der Waals surface area contributed by atoms with Crippen LogP contribution in [0.1, 0.15) is 19.3 Å². The molecule has 1 atom stereocenters. The molecule has 1 saturated heterocycles. The first-order valence-corrected chi connectivity index (χ1v) is 5.73. The van der Waals surface area contributed by atoms with E-state index in [4.69, 9.17) is 11.6 Å². The van der Waals surface area contributed by atoms with Crippen molar-refractivity contribution in [2.24, 2.45) is 5.92 Å². The van der Waals surface area contributed by atoms with E-state index in [2.05, 4.69) is 24.3 Å². The number of rotatable bonds is 4. The molecule has 0 aliphatic carbocycles. The summed E-state index contributed by atoms with van der Waals surface area (Å²) >= 11 is 5.77. The van der Waals surface area contributed by atoms with Gasteiger partial charge in [-0.25, -0.2) is 0 Å². The summed E-state index contributed by atoms with van der Waals surface area (Å²) in [5.74, 6) is 1.61. The summed E-state index contributed by atoms with van der Waals surface area (Å²) in [5.41, 5.74) is 0. The Bertz CT molecular complexity index is 133. The van der Waals surface area contributed by atoms with E-state index in [0.717, 1.165) is 18.2 Å². The van der Waals surface area contributed by atoms with Gasteiger partial charge in [0, 0.05) is 11.9 Å². The van der Waals surface area contributed by atoms with E-state index in [1.54, 1.807) is 0 Å². The van der Waals surface area contributed by atoms with E-state index in [-0.39, 0.29) is 0 Å². The minimum absolute atomic E-state index is 0.631. The third-order valence-corrected chi connectivity index (χ3v) is 3.34. The second-order valence-corrected chi connectivity index (χ2v) is 4.39. The zero-order chi connectivity index (χ0) is 9.68. The topological polar surface area (TPSA) is 15.3 Å². The van der Waals surface area contributed by atoms with Gasteiger partial charge in [0.15, 0.2) is 0 Å². The van der Waals surface area contributed by atoms with Crippen molar-refractivity contribution < 1.29 is 0 Å². The van der Waals surface area contributed by atoms with Crippen LogP contribution in [0.5, 0.6) is 0 Å². The summed E-state index contributed by atoms with van der Waals surface area (Å²) in [6.45, 7) is 2.48. The molecule has 1 fully saturated rings. The number of hydrogen-bond acceptors (Lipinski definition) is 2. The Morgan fingerprint density at radius 3 is 2.54 bits per heavy atom. The molecule has 1 rings (SSSR count). The van der Waals surface area contributed by atoms with Crippen LogP contribution in [-0.4, -0.2) is 44.0 Å². The molecule has 0 amide bonds. The smallest absolute Gasteiger partial charge is 0.0238 e. The number of nitrogens with zero attached hydrogens (tertiary/aromatic N) is 1. The average molecular weight is 205 g/mol. The molecule has 3 heteroatoms. The first kappa shape index (κ1) is 11.3. The molecule has 78 valence electrons. The van der Waals surface area contributed by atoms with Crippen molar-refractivity contribution in [3.63, 3.8) is 0 Å². The Morgan fingerprint density at radius 1 is 1.46 bits per heavy atom. The first-order chi connectivity index (χ1) is 6.27. The van der Waals surface area contributed by atoms with Crippen molar-refractivity contribution in [3.05, 3.63) is 0 Å². The third kappa shape index (κ3) is 3.45. The summed E-state index contributed by atoms with van der Waals surface area (Å²) < 4.78 is 0. The highest BCUT2D eigenvalue weighted by Crippen LogP contribution is 2.21. The zero-order valence-electron chi connectivity index (χ0n) is 8.72. The predicted octanol–water partition coefficient (Wildman–Crippen LogP) is 1.55. The Kier molecular flexibility index (Phi) is 5.07. The van der Waals surface area contributed by atoms with Crippen LogP contribution in [0.2, 0.25) is 0 Å². The van der Waals surface area contributed by atoms with Gasteiger partial charge in [0.2, 0.25) is 0 Å². The second kappa shape index (κ2) is 5.84. The SMILES string of the molecule is CNC(CCCl)C1CCN(C)CC1. The van der Waals surface area contributed by atoms with Gasteiger partial charge < -0.3 is 10.2 Å². The molecule has 0 aromatic carbocycles. The van der Waals surface area contributed by atoms with Crippen LogP contribution in [0.25, 0.3) is 0 Å². The first-order valence-electron chi connectivity index (χ1n) is 5.19. The predicted molar refractivity (Wildman–Crippen MR) is 58.4 cm³/mol. The summed E-state index contributed by atoms with van der Waals surface area (Å²) in [6.07, 6.45) is 3.74. The van der Waals surface area contributed by atoms with Gasteiger partial charge in [-0.2, -0.15) is 0 Å². The van der Waals surface area contributed by atoms with E-state index >= 15 is 0 Å². The van der Waals surface area contributed by atoms with Crippen LogP contribution in [-0.2, 0) is 0 Å².